The van der Waals surface area contributed by atoms with E-state index in [4.69, 9.17) is 16.7 Å². The smallest absolute Gasteiger partial charge is 0.130 e. The van der Waals surface area contributed by atoms with Crippen LogP contribution in [0.25, 0.3) is 0 Å². The molecular formula is C20H34ClNO2. The molecule has 24 heavy (non-hydrogen) atoms. The van der Waals surface area contributed by atoms with Crippen LogP contribution in [0.15, 0.2) is 27.9 Å². The van der Waals surface area contributed by atoms with Crippen LogP contribution < -0.4 is 0 Å². The average molecular weight is 356 g/mol. The standard InChI is InChI=1S/C13H18ClNO.C7H16O/c1-8(2)15-12-6-5-11(7-9(3)16)13(12)10(4)14;1-3-5-7(4-2)6-8/h11H,1,5-7H2,2-4H3;7-8H,3-6H2,1-2H3/b13-10+,15-12?;/t;7-/m.1/s1. The molecule has 0 heterocycles. The van der Waals surface area contributed by atoms with Gasteiger partial charge in [-0.05, 0) is 57.4 Å². The summed E-state index contributed by atoms with van der Waals surface area (Å²) in [5.74, 6) is 1.00. The first kappa shape index (κ1) is 23.1. The number of aliphatic hydroxyl groups excluding tert-OH is 1. The van der Waals surface area contributed by atoms with E-state index < -0.39 is 0 Å². The van der Waals surface area contributed by atoms with Crippen molar-refractivity contribution in [3.05, 3.63) is 22.9 Å². The number of allylic oxidation sites excluding steroid dienone is 3. The Morgan fingerprint density at radius 2 is 2.00 bits per heavy atom. The summed E-state index contributed by atoms with van der Waals surface area (Å²) in [4.78, 5) is 15.6. The highest BCUT2D eigenvalue weighted by atomic mass is 35.5. The van der Waals surface area contributed by atoms with Gasteiger partial charge in [-0.1, -0.05) is 44.9 Å². The van der Waals surface area contributed by atoms with E-state index in [1.807, 2.05) is 13.8 Å². The third kappa shape index (κ3) is 8.79. The second-order valence-corrected chi connectivity index (χ2v) is 7.20. The molecule has 0 aliphatic heterocycles. The van der Waals surface area contributed by atoms with Crippen LogP contribution in [0.5, 0.6) is 0 Å². The normalized spacial score (nSPS) is 22.0. The molecule has 1 saturated carbocycles. The fourth-order valence-corrected chi connectivity index (χ4v) is 3.30. The Bertz CT molecular complexity index is 472. The van der Waals surface area contributed by atoms with Crippen LogP contribution >= 0.6 is 11.6 Å². The molecule has 2 atom stereocenters. The first-order chi connectivity index (χ1) is 11.3. The van der Waals surface area contributed by atoms with Gasteiger partial charge in [0, 0.05) is 29.5 Å². The Balaban J connectivity index is 0.000000561. The molecule has 1 rings (SSSR count). The van der Waals surface area contributed by atoms with Gasteiger partial charge in [0.2, 0.25) is 0 Å². The molecule has 1 fully saturated rings. The molecule has 1 aliphatic rings. The molecule has 0 spiro atoms. The highest BCUT2D eigenvalue weighted by molar-refractivity contribution is 6.32. The monoisotopic (exact) mass is 355 g/mol. The number of carbonyl (C=O) groups excluding carboxylic acids is 1. The van der Waals surface area contributed by atoms with Crippen LogP contribution in [-0.2, 0) is 4.79 Å². The van der Waals surface area contributed by atoms with Crippen LogP contribution in [0, 0.1) is 11.8 Å². The van der Waals surface area contributed by atoms with Crippen molar-refractivity contribution in [1.82, 2.24) is 0 Å². The molecule has 1 unspecified atom stereocenters. The van der Waals surface area contributed by atoms with Crippen molar-refractivity contribution >= 4 is 23.1 Å². The van der Waals surface area contributed by atoms with Crippen LogP contribution in [0.2, 0.25) is 0 Å². The molecule has 0 bridgehead atoms. The molecule has 0 radical (unpaired) electrons. The number of ketones is 1. The van der Waals surface area contributed by atoms with Gasteiger partial charge in [-0.25, -0.2) is 0 Å². The van der Waals surface area contributed by atoms with E-state index in [1.54, 1.807) is 6.92 Å². The largest absolute Gasteiger partial charge is 0.396 e. The van der Waals surface area contributed by atoms with Crippen molar-refractivity contribution in [1.29, 1.82) is 0 Å². The van der Waals surface area contributed by atoms with Gasteiger partial charge in [-0.2, -0.15) is 0 Å². The Hall–Kier alpha value is -0.930. The first-order valence-electron chi connectivity index (χ1n) is 8.96. The number of rotatable bonds is 7. The van der Waals surface area contributed by atoms with Gasteiger partial charge in [-0.3, -0.25) is 4.99 Å². The lowest BCUT2D eigenvalue weighted by molar-refractivity contribution is -0.117. The van der Waals surface area contributed by atoms with Gasteiger partial charge in [0.25, 0.3) is 0 Å². The summed E-state index contributed by atoms with van der Waals surface area (Å²) in [7, 11) is 0. The van der Waals surface area contributed by atoms with Crippen LogP contribution in [0.1, 0.15) is 73.1 Å². The van der Waals surface area contributed by atoms with Gasteiger partial charge < -0.3 is 9.90 Å². The molecule has 0 amide bonds. The predicted molar refractivity (Wildman–Crippen MR) is 105 cm³/mol. The zero-order chi connectivity index (χ0) is 18.7. The minimum atomic E-state index is 0.206. The second kappa shape index (κ2) is 12.4. The number of hydrogen-bond acceptors (Lipinski definition) is 3. The summed E-state index contributed by atoms with van der Waals surface area (Å²) in [5.41, 5.74) is 2.85. The molecule has 0 aromatic carbocycles. The number of halogens is 1. The van der Waals surface area contributed by atoms with Crippen LogP contribution in [0.3, 0.4) is 0 Å². The third-order valence-corrected chi connectivity index (χ3v) is 4.42. The summed E-state index contributed by atoms with van der Waals surface area (Å²) >= 11 is 6.10. The summed E-state index contributed by atoms with van der Waals surface area (Å²) in [5, 5.41) is 9.41. The fourth-order valence-electron chi connectivity index (χ4n) is 3.04. The van der Waals surface area contributed by atoms with Gasteiger partial charge in [0.15, 0.2) is 0 Å². The molecule has 0 aromatic rings. The molecule has 4 heteroatoms. The van der Waals surface area contributed by atoms with Crippen LogP contribution in [-0.4, -0.2) is 23.2 Å². The number of aliphatic hydroxyl groups is 1. The second-order valence-electron chi connectivity index (χ2n) is 6.63. The molecule has 1 aliphatic carbocycles. The molecule has 1 N–H and O–H groups in total. The number of aliphatic imine (C=N–C) groups is 1. The van der Waals surface area contributed by atoms with E-state index in [0.29, 0.717) is 18.9 Å². The van der Waals surface area contributed by atoms with Gasteiger partial charge in [-0.15, -0.1) is 0 Å². The average Bonchev–Trinajstić information content (AvgIpc) is 2.86. The Morgan fingerprint density at radius 1 is 1.38 bits per heavy atom. The number of carbonyl (C=O) groups is 1. The maximum Gasteiger partial charge on any atom is 0.130 e. The fraction of sp³-hybridized carbons (Fsp3) is 0.700. The SMILES string of the molecule is C=C(C)N=C1CCC(CC(C)=O)/C1=C(/C)Cl.CCC[C@@H](CC)CO. The van der Waals surface area contributed by atoms with Crippen molar-refractivity contribution in [2.45, 2.75) is 73.1 Å². The molecular weight excluding hydrogens is 322 g/mol. The quantitative estimate of drug-likeness (QED) is 0.639. The van der Waals surface area contributed by atoms with E-state index in [1.165, 1.54) is 12.8 Å². The predicted octanol–water partition coefficient (Wildman–Crippen LogP) is 5.67. The highest BCUT2D eigenvalue weighted by Crippen LogP contribution is 2.35. The Labute approximate surface area is 152 Å². The molecule has 0 saturated heterocycles. The van der Waals surface area contributed by atoms with Gasteiger partial charge in [0.1, 0.15) is 5.78 Å². The summed E-state index contributed by atoms with van der Waals surface area (Å²) in [6, 6.07) is 0. The minimum absolute atomic E-state index is 0.206. The summed E-state index contributed by atoms with van der Waals surface area (Å²) < 4.78 is 0. The van der Waals surface area contributed by atoms with E-state index in [0.717, 1.165) is 41.3 Å². The number of hydrogen-bond donors (Lipinski definition) is 1. The lowest BCUT2D eigenvalue weighted by Gasteiger charge is -2.11. The molecule has 0 aromatic heterocycles. The summed E-state index contributed by atoms with van der Waals surface area (Å²) in [6.45, 7) is 13.8. The Morgan fingerprint density at radius 3 is 2.33 bits per heavy atom. The third-order valence-electron chi connectivity index (χ3n) is 4.21. The van der Waals surface area contributed by atoms with E-state index >= 15 is 0 Å². The summed E-state index contributed by atoms with van der Waals surface area (Å²) in [6.07, 6.45) is 5.90. The van der Waals surface area contributed by atoms with Crippen molar-refractivity contribution < 1.29 is 9.90 Å². The maximum atomic E-state index is 11.2. The zero-order valence-corrected chi connectivity index (χ0v) is 16.7. The van der Waals surface area contributed by atoms with E-state index in [9.17, 15) is 4.79 Å². The Kier molecular flexibility index (Phi) is 12.0. The van der Waals surface area contributed by atoms with E-state index in [-0.39, 0.29) is 11.7 Å². The lowest BCUT2D eigenvalue weighted by atomic mass is 9.96. The maximum absolute atomic E-state index is 11.2. The van der Waals surface area contributed by atoms with Crippen LogP contribution in [0.4, 0.5) is 0 Å². The molecule has 138 valence electrons. The van der Waals surface area contributed by atoms with Crippen molar-refractivity contribution in [3.63, 3.8) is 0 Å². The highest BCUT2D eigenvalue weighted by Gasteiger charge is 2.29. The first-order valence-corrected chi connectivity index (χ1v) is 9.34. The minimum Gasteiger partial charge on any atom is -0.396 e. The lowest BCUT2D eigenvalue weighted by Crippen LogP contribution is -2.07. The van der Waals surface area contributed by atoms with E-state index in [2.05, 4.69) is 25.4 Å². The number of Topliss-reactive ketones (excluding diaryl/α,β-unsaturated/α-hetero) is 1. The van der Waals surface area contributed by atoms with Crippen molar-refractivity contribution in [3.8, 4) is 0 Å². The van der Waals surface area contributed by atoms with Gasteiger partial charge in [0.05, 0.1) is 0 Å². The van der Waals surface area contributed by atoms with Crippen molar-refractivity contribution in [2.75, 3.05) is 6.61 Å². The van der Waals surface area contributed by atoms with Crippen molar-refractivity contribution in [2.24, 2.45) is 16.8 Å². The number of nitrogens with zero attached hydrogens (tertiary/aromatic N) is 1. The van der Waals surface area contributed by atoms with Gasteiger partial charge >= 0.3 is 0 Å². The molecule has 3 nitrogen and oxygen atoms in total. The topological polar surface area (TPSA) is 49.7 Å². The zero-order valence-electron chi connectivity index (χ0n) is 16.0.